The number of methoxy groups -OCH3 is 1. The van der Waals surface area contributed by atoms with Gasteiger partial charge in [0.1, 0.15) is 6.04 Å². The maximum Gasteiger partial charge on any atom is 0.239 e. The number of hydrogen-bond donors (Lipinski definition) is 2. The molecule has 1 saturated carbocycles. The van der Waals surface area contributed by atoms with E-state index in [0.717, 1.165) is 0 Å². The standard InChI is InChI=1S/C12H24N2O2/c1-9(10-6-4-3-5-7-10)14-12(15)11(13)8-16-2/h9-11H,3-8,13H2,1-2H3,(H,14,15)/t9-,11?/m1/s1. The Morgan fingerprint density at radius 3 is 2.62 bits per heavy atom. The summed E-state index contributed by atoms with van der Waals surface area (Å²) in [5, 5.41) is 2.99. The van der Waals surface area contributed by atoms with E-state index in [4.69, 9.17) is 10.5 Å². The Balaban J connectivity index is 2.31. The van der Waals surface area contributed by atoms with E-state index in [2.05, 4.69) is 12.2 Å². The quantitative estimate of drug-likeness (QED) is 0.739. The van der Waals surface area contributed by atoms with Crippen LogP contribution < -0.4 is 11.1 Å². The zero-order chi connectivity index (χ0) is 12.0. The SMILES string of the molecule is COCC(N)C(=O)N[C@H](C)C1CCCCC1. The zero-order valence-electron chi connectivity index (χ0n) is 10.4. The number of rotatable bonds is 5. The van der Waals surface area contributed by atoms with Gasteiger partial charge in [-0.2, -0.15) is 0 Å². The van der Waals surface area contributed by atoms with Crippen LogP contribution in [0.25, 0.3) is 0 Å². The fraction of sp³-hybridized carbons (Fsp3) is 0.917. The molecule has 4 heteroatoms. The van der Waals surface area contributed by atoms with Crippen molar-refractivity contribution in [2.24, 2.45) is 11.7 Å². The summed E-state index contributed by atoms with van der Waals surface area (Å²) in [4.78, 5) is 11.7. The first kappa shape index (κ1) is 13.5. The van der Waals surface area contributed by atoms with Gasteiger partial charge in [0.05, 0.1) is 6.61 Å². The van der Waals surface area contributed by atoms with Crippen molar-refractivity contribution < 1.29 is 9.53 Å². The number of nitrogens with two attached hydrogens (primary N) is 1. The largest absolute Gasteiger partial charge is 0.383 e. The van der Waals surface area contributed by atoms with Crippen LogP contribution in [0.5, 0.6) is 0 Å². The van der Waals surface area contributed by atoms with E-state index in [1.54, 1.807) is 7.11 Å². The van der Waals surface area contributed by atoms with Crippen LogP contribution in [-0.2, 0) is 9.53 Å². The van der Waals surface area contributed by atoms with Gasteiger partial charge in [-0.05, 0) is 25.7 Å². The maximum absolute atomic E-state index is 11.7. The van der Waals surface area contributed by atoms with Gasteiger partial charge < -0.3 is 15.8 Å². The minimum Gasteiger partial charge on any atom is -0.383 e. The van der Waals surface area contributed by atoms with Crippen molar-refractivity contribution in [1.82, 2.24) is 5.32 Å². The lowest BCUT2D eigenvalue weighted by atomic mass is 9.84. The van der Waals surface area contributed by atoms with Gasteiger partial charge in [-0.15, -0.1) is 0 Å². The molecule has 0 heterocycles. The molecule has 0 aliphatic heterocycles. The van der Waals surface area contributed by atoms with Crippen molar-refractivity contribution in [3.63, 3.8) is 0 Å². The molecule has 94 valence electrons. The summed E-state index contributed by atoms with van der Waals surface area (Å²) in [7, 11) is 1.55. The Morgan fingerprint density at radius 2 is 2.06 bits per heavy atom. The van der Waals surface area contributed by atoms with E-state index in [0.29, 0.717) is 5.92 Å². The number of hydrogen-bond acceptors (Lipinski definition) is 3. The van der Waals surface area contributed by atoms with Crippen LogP contribution in [0, 0.1) is 5.92 Å². The second-order valence-corrected chi connectivity index (χ2v) is 4.76. The highest BCUT2D eigenvalue weighted by Crippen LogP contribution is 2.26. The van der Waals surface area contributed by atoms with E-state index < -0.39 is 6.04 Å². The molecule has 0 spiro atoms. The van der Waals surface area contributed by atoms with Gasteiger partial charge in [0.15, 0.2) is 0 Å². The maximum atomic E-state index is 11.7. The number of carbonyl (C=O) groups is 1. The second kappa shape index (κ2) is 6.86. The molecule has 0 aromatic rings. The van der Waals surface area contributed by atoms with Crippen LogP contribution in [0.4, 0.5) is 0 Å². The smallest absolute Gasteiger partial charge is 0.239 e. The average Bonchev–Trinajstić information content (AvgIpc) is 2.30. The molecule has 3 N–H and O–H groups in total. The molecule has 1 rings (SSSR count). The minimum absolute atomic E-state index is 0.0973. The number of amides is 1. The van der Waals surface area contributed by atoms with Crippen molar-refractivity contribution in [2.75, 3.05) is 13.7 Å². The average molecular weight is 228 g/mol. The van der Waals surface area contributed by atoms with Crippen LogP contribution in [0.1, 0.15) is 39.0 Å². The van der Waals surface area contributed by atoms with E-state index in [-0.39, 0.29) is 18.6 Å². The fourth-order valence-electron chi connectivity index (χ4n) is 2.34. The second-order valence-electron chi connectivity index (χ2n) is 4.76. The molecule has 1 amide bonds. The first-order valence-electron chi connectivity index (χ1n) is 6.20. The Kier molecular flexibility index (Phi) is 5.77. The summed E-state index contributed by atoms with van der Waals surface area (Å²) >= 11 is 0. The predicted octanol–water partition coefficient (Wildman–Crippen LogP) is 1.05. The molecule has 0 aromatic heterocycles. The van der Waals surface area contributed by atoms with Crippen molar-refractivity contribution in [3.8, 4) is 0 Å². The van der Waals surface area contributed by atoms with Crippen molar-refractivity contribution >= 4 is 5.91 Å². The molecular formula is C12H24N2O2. The molecule has 1 aliphatic rings. The van der Waals surface area contributed by atoms with Gasteiger partial charge in [0.25, 0.3) is 0 Å². The van der Waals surface area contributed by atoms with Crippen LogP contribution >= 0.6 is 0 Å². The molecule has 1 unspecified atom stereocenters. The van der Waals surface area contributed by atoms with Gasteiger partial charge in [-0.25, -0.2) is 0 Å². The normalized spacial score (nSPS) is 21.4. The summed E-state index contributed by atoms with van der Waals surface area (Å²) in [6, 6.07) is -0.313. The lowest BCUT2D eigenvalue weighted by Crippen LogP contribution is -2.48. The molecule has 4 nitrogen and oxygen atoms in total. The Bertz CT molecular complexity index is 215. The molecule has 0 bridgehead atoms. The first-order valence-corrected chi connectivity index (χ1v) is 6.20. The zero-order valence-corrected chi connectivity index (χ0v) is 10.4. The highest BCUT2D eigenvalue weighted by molar-refractivity contribution is 5.81. The number of nitrogens with one attached hydrogen (secondary N) is 1. The van der Waals surface area contributed by atoms with Crippen molar-refractivity contribution in [3.05, 3.63) is 0 Å². The van der Waals surface area contributed by atoms with E-state index in [1.165, 1.54) is 32.1 Å². The van der Waals surface area contributed by atoms with E-state index >= 15 is 0 Å². The predicted molar refractivity (Wildman–Crippen MR) is 64.0 cm³/mol. The van der Waals surface area contributed by atoms with Gasteiger partial charge in [-0.1, -0.05) is 19.3 Å². The third kappa shape index (κ3) is 4.10. The van der Waals surface area contributed by atoms with Crippen LogP contribution in [-0.4, -0.2) is 31.7 Å². The number of ether oxygens (including phenoxy) is 1. The Hall–Kier alpha value is -0.610. The lowest BCUT2D eigenvalue weighted by molar-refractivity contribution is -0.124. The fourth-order valence-corrected chi connectivity index (χ4v) is 2.34. The molecule has 0 aromatic carbocycles. The third-order valence-corrected chi connectivity index (χ3v) is 3.41. The van der Waals surface area contributed by atoms with Crippen LogP contribution in [0.2, 0.25) is 0 Å². The van der Waals surface area contributed by atoms with Crippen LogP contribution in [0.15, 0.2) is 0 Å². The van der Waals surface area contributed by atoms with Gasteiger partial charge >= 0.3 is 0 Å². The monoisotopic (exact) mass is 228 g/mol. The summed E-state index contributed by atoms with van der Waals surface area (Å²) in [6.45, 7) is 2.36. The first-order chi connectivity index (χ1) is 7.65. The van der Waals surface area contributed by atoms with Gasteiger partial charge in [0, 0.05) is 13.2 Å². The van der Waals surface area contributed by atoms with Gasteiger partial charge in [0.2, 0.25) is 5.91 Å². The lowest BCUT2D eigenvalue weighted by Gasteiger charge is -2.29. The molecular weight excluding hydrogens is 204 g/mol. The van der Waals surface area contributed by atoms with Crippen molar-refractivity contribution in [1.29, 1.82) is 0 Å². The molecule has 1 aliphatic carbocycles. The summed E-state index contributed by atoms with van der Waals surface area (Å²) in [5.41, 5.74) is 5.67. The molecule has 2 atom stereocenters. The topological polar surface area (TPSA) is 64.3 Å². The highest BCUT2D eigenvalue weighted by Gasteiger charge is 2.23. The van der Waals surface area contributed by atoms with E-state index in [9.17, 15) is 4.79 Å². The van der Waals surface area contributed by atoms with Crippen molar-refractivity contribution in [2.45, 2.75) is 51.1 Å². The molecule has 0 saturated heterocycles. The Morgan fingerprint density at radius 1 is 1.44 bits per heavy atom. The number of carbonyl (C=O) groups excluding carboxylic acids is 1. The van der Waals surface area contributed by atoms with Crippen LogP contribution in [0.3, 0.4) is 0 Å². The molecule has 0 radical (unpaired) electrons. The molecule has 1 fully saturated rings. The summed E-state index contributed by atoms with van der Waals surface area (Å²) in [6.07, 6.45) is 6.35. The molecule has 16 heavy (non-hydrogen) atoms. The minimum atomic E-state index is -0.545. The van der Waals surface area contributed by atoms with E-state index in [1.807, 2.05) is 0 Å². The summed E-state index contributed by atoms with van der Waals surface area (Å²) in [5.74, 6) is 0.521. The summed E-state index contributed by atoms with van der Waals surface area (Å²) < 4.78 is 4.87. The van der Waals surface area contributed by atoms with Gasteiger partial charge in [-0.3, -0.25) is 4.79 Å². The third-order valence-electron chi connectivity index (χ3n) is 3.41. The highest BCUT2D eigenvalue weighted by atomic mass is 16.5. The Labute approximate surface area is 97.9 Å².